The van der Waals surface area contributed by atoms with Gasteiger partial charge in [0.25, 0.3) is 5.91 Å². The monoisotopic (exact) mass is 263 g/mol. The van der Waals surface area contributed by atoms with E-state index < -0.39 is 11.6 Å². The second-order valence-corrected chi connectivity index (χ2v) is 3.87. The van der Waals surface area contributed by atoms with Crippen molar-refractivity contribution in [1.29, 1.82) is 0 Å². The number of nitrogens with zero attached hydrogens (tertiary/aromatic N) is 2. The van der Waals surface area contributed by atoms with Crippen LogP contribution in [0.3, 0.4) is 0 Å². The quantitative estimate of drug-likeness (QED) is 0.914. The first kappa shape index (κ1) is 13.1. The van der Waals surface area contributed by atoms with Gasteiger partial charge >= 0.3 is 0 Å². The number of hydrogen-bond donors (Lipinski definition) is 1. The highest BCUT2D eigenvalue weighted by molar-refractivity contribution is 5.91. The van der Waals surface area contributed by atoms with E-state index in [0.717, 1.165) is 6.07 Å². The summed E-state index contributed by atoms with van der Waals surface area (Å²) in [7, 11) is 0. The van der Waals surface area contributed by atoms with Gasteiger partial charge in [0.15, 0.2) is 0 Å². The molecule has 0 saturated heterocycles. The first-order valence-corrected chi connectivity index (χ1v) is 5.64. The zero-order chi connectivity index (χ0) is 13.7. The van der Waals surface area contributed by atoms with E-state index in [9.17, 15) is 13.6 Å². The number of rotatable bonds is 4. The van der Waals surface area contributed by atoms with E-state index in [2.05, 4.69) is 15.3 Å². The number of amides is 1. The Kier molecular flexibility index (Phi) is 4.12. The largest absolute Gasteiger partial charge is 0.350 e. The third-order valence-corrected chi connectivity index (χ3v) is 2.42. The van der Waals surface area contributed by atoms with Gasteiger partial charge in [0, 0.05) is 25.0 Å². The molecule has 2 aromatic rings. The molecule has 0 radical (unpaired) electrons. The van der Waals surface area contributed by atoms with Crippen LogP contribution in [0.4, 0.5) is 8.78 Å². The summed E-state index contributed by atoms with van der Waals surface area (Å²) < 4.78 is 25.9. The maximum Gasteiger partial charge on any atom is 0.271 e. The highest BCUT2D eigenvalue weighted by atomic mass is 19.1. The summed E-state index contributed by atoms with van der Waals surface area (Å²) in [6.45, 7) is 0.262. The molecule has 0 bridgehead atoms. The van der Waals surface area contributed by atoms with Crippen molar-refractivity contribution in [2.24, 2.45) is 0 Å². The molecule has 1 aromatic heterocycles. The van der Waals surface area contributed by atoms with E-state index >= 15 is 0 Å². The molecule has 0 aliphatic rings. The lowest BCUT2D eigenvalue weighted by molar-refractivity contribution is 0.0949. The average Bonchev–Trinajstić information content (AvgIpc) is 2.38. The molecular formula is C13H11F2N3O. The lowest BCUT2D eigenvalue weighted by Gasteiger charge is -2.05. The van der Waals surface area contributed by atoms with E-state index in [1.54, 1.807) is 0 Å². The van der Waals surface area contributed by atoms with Gasteiger partial charge in [0.05, 0.1) is 6.20 Å². The molecule has 1 heterocycles. The van der Waals surface area contributed by atoms with Crippen LogP contribution in [0.2, 0.25) is 0 Å². The van der Waals surface area contributed by atoms with Crippen LogP contribution >= 0.6 is 0 Å². The number of hydrogen-bond acceptors (Lipinski definition) is 3. The normalized spacial score (nSPS) is 10.2. The Hall–Kier alpha value is -2.37. The molecule has 0 atom stereocenters. The fourth-order valence-electron chi connectivity index (χ4n) is 1.58. The van der Waals surface area contributed by atoms with E-state index in [4.69, 9.17) is 0 Å². The molecule has 0 saturated carbocycles. The van der Waals surface area contributed by atoms with Gasteiger partial charge in [0.1, 0.15) is 17.3 Å². The number of carbonyl (C=O) groups excluding carboxylic acids is 1. The second-order valence-electron chi connectivity index (χ2n) is 3.87. The van der Waals surface area contributed by atoms with Crippen LogP contribution in [0.5, 0.6) is 0 Å². The summed E-state index contributed by atoms with van der Waals surface area (Å²) in [6.07, 6.45) is 4.56. The average molecular weight is 263 g/mol. The van der Waals surface area contributed by atoms with Crippen LogP contribution in [-0.4, -0.2) is 22.4 Å². The molecule has 1 amide bonds. The summed E-state index contributed by atoms with van der Waals surface area (Å²) in [4.78, 5) is 19.2. The topological polar surface area (TPSA) is 54.9 Å². The number of nitrogens with one attached hydrogen (secondary N) is 1. The summed E-state index contributed by atoms with van der Waals surface area (Å²) >= 11 is 0. The lowest BCUT2D eigenvalue weighted by atomic mass is 10.1. The SMILES string of the molecule is O=C(NCCc1cc(F)cc(F)c1)c1cnccn1. The van der Waals surface area contributed by atoms with E-state index in [-0.39, 0.29) is 18.1 Å². The molecule has 0 fully saturated rings. The van der Waals surface area contributed by atoms with Crippen molar-refractivity contribution < 1.29 is 13.6 Å². The predicted molar refractivity (Wildman–Crippen MR) is 64.4 cm³/mol. The van der Waals surface area contributed by atoms with E-state index in [1.165, 1.54) is 30.7 Å². The molecule has 19 heavy (non-hydrogen) atoms. The maximum absolute atomic E-state index is 12.9. The van der Waals surface area contributed by atoms with Crippen molar-refractivity contribution in [1.82, 2.24) is 15.3 Å². The number of aromatic nitrogens is 2. The third kappa shape index (κ3) is 3.80. The van der Waals surface area contributed by atoms with Crippen molar-refractivity contribution in [2.75, 3.05) is 6.54 Å². The standard InChI is InChI=1S/C13H11F2N3O/c14-10-5-9(6-11(15)7-10)1-2-18-13(19)12-8-16-3-4-17-12/h3-8H,1-2H2,(H,18,19). The van der Waals surface area contributed by atoms with Crippen molar-refractivity contribution in [3.8, 4) is 0 Å². The molecular weight excluding hydrogens is 252 g/mol. The summed E-state index contributed by atoms with van der Waals surface area (Å²) in [5.41, 5.74) is 0.685. The van der Waals surface area contributed by atoms with Crippen LogP contribution in [0.1, 0.15) is 16.1 Å². The minimum absolute atomic E-state index is 0.202. The van der Waals surface area contributed by atoms with Gasteiger partial charge in [-0.1, -0.05) is 0 Å². The smallest absolute Gasteiger partial charge is 0.271 e. The Balaban J connectivity index is 1.88. The Morgan fingerprint density at radius 1 is 1.16 bits per heavy atom. The molecule has 2 rings (SSSR count). The lowest BCUT2D eigenvalue weighted by Crippen LogP contribution is -2.26. The van der Waals surface area contributed by atoms with Gasteiger partial charge in [-0.15, -0.1) is 0 Å². The van der Waals surface area contributed by atoms with Gasteiger partial charge in [-0.25, -0.2) is 13.8 Å². The molecule has 0 aliphatic carbocycles. The summed E-state index contributed by atoms with van der Waals surface area (Å²) in [6, 6.07) is 3.27. The zero-order valence-corrected chi connectivity index (χ0v) is 9.94. The molecule has 0 aliphatic heterocycles. The van der Waals surface area contributed by atoms with Gasteiger partial charge in [-0.05, 0) is 24.1 Å². The molecule has 98 valence electrons. The highest BCUT2D eigenvalue weighted by Crippen LogP contribution is 2.08. The van der Waals surface area contributed by atoms with Crippen molar-refractivity contribution >= 4 is 5.91 Å². The van der Waals surface area contributed by atoms with Gasteiger partial charge < -0.3 is 5.32 Å². The Bertz CT molecular complexity index is 555. The van der Waals surface area contributed by atoms with Crippen LogP contribution in [0, 0.1) is 11.6 Å². The minimum atomic E-state index is -0.629. The first-order valence-electron chi connectivity index (χ1n) is 5.64. The number of halogens is 2. The van der Waals surface area contributed by atoms with E-state index in [0.29, 0.717) is 12.0 Å². The fraction of sp³-hybridized carbons (Fsp3) is 0.154. The van der Waals surface area contributed by atoms with Crippen molar-refractivity contribution in [2.45, 2.75) is 6.42 Å². The third-order valence-electron chi connectivity index (χ3n) is 2.42. The molecule has 1 aromatic carbocycles. The predicted octanol–water partition coefficient (Wildman–Crippen LogP) is 1.73. The fourth-order valence-corrected chi connectivity index (χ4v) is 1.58. The highest BCUT2D eigenvalue weighted by Gasteiger charge is 2.06. The first-order chi connectivity index (χ1) is 9.15. The Morgan fingerprint density at radius 2 is 1.89 bits per heavy atom. The van der Waals surface area contributed by atoms with Crippen LogP contribution in [0.15, 0.2) is 36.8 Å². The molecule has 4 nitrogen and oxygen atoms in total. The zero-order valence-electron chi connectivity index (χ0n) is 9.94. The Labute approximate surface area is 108 Å². The maximum atomic E-state index is 12.9. The van der Waals surface area contributed by atoms with Gasteiger partial charge in [-0.2, -0.15) is 0 Å². The van der Waals surface area contributed by atoms with Crippen molar-refractivity contribution in [3.63, 3.8) is 0 Å². The van der Waals surface area contributed by atoms with Gasteiger partial charge in [-0.3, -0.25) is 9.78 Å². The minimum Gasteiger partial charge on any atom is -0.350 e. The summed E-state index contributed by atoms with van der Waals surface area (Å²) in [5, 5.41) is 2.60. The van der Waals surface area contributed by atoms with E-state index in [1.807, 2.05) is 0 Å². The molecule has 0 spiro atoms. The Morgan fingerprint density at radius 3 is 2.53 bits per heavy atom. The van der Waals surface area contributed by atoms with Crippen LogP contribution in [-0.2, 0) is 6.42 Å². The molecule has 6 heteroatoms. The molecule has 1 N–H and O–H groups in total. The van der Waals surface area contributed by atoms with Crippen molar-refractivity contribution in [3.05, 3.63) is 59.7 Å². The van der Waals surface area contributed by atoms with Crippen LogP contribution < -0.4 is 5.32 Å². The number of carbonyl (C=O) groups is 1. The van der Waals surface area contributed by atoms with Gasteiger partial charge in [0.2, 0.25) is 0 Å². The summed E-state index contributed by atoms with van der Waals surface area (Å²) in [5.74, 6) is -1.63. The molecule has 0 unspecified atom stereocenters. The number of benzene rings is 1. The van der Waals surface area contributed by atoms with Crippen LogP contribution in [0.25, 0.3) is 0 Å². The second kappa shape index (κ2) is 5.99.